The van der Waals surface area contributed by atoms with Crippen LogP contribution in [-0.2, 0) is 4.79 Å². The minimum absolute atomic E-state index is 0.0877. The first-order valence-corrected chi connectivity index (χ1v) is 11.1. The van der Waals surface area contributed by atoms with E-state index in [0.29, 0.717) is 16.5 Å². The molecule has 4 nitrogen and oxygen atoms in total. The zero-order valence-corrected chi connectivity index (χ0v) is 19.3. The van der Waals surface area contributed by atoms with Gasteiger partial charge < -0.3 is 5.11 Å². The highest BCUT2D eigenvalue weighted by Crippen LogP contribution is 2.41. The lowest BCUT2D eigenvalue weighted by Crippen LogP contribution is -2.28. The Labute approximate surface area is 181 Å². The Bertz CT molecular complexity index is 871. The smallest absolute Gasteiger partial charge is 0.253 e. The fourth-order valence-corrected chi connectivity index (χ4v) is 4.99. The van der Waals surface area contributed by atoms with E-state index in [1.807, 2.05) is 37.3 Å². The largest absolute Gasteiger partial charge is 0.506 e. The summed E-state index contributed by atoms with van der Waals surface area (Å²) in [6.07, 6.45) is 0.602. The van der Waals surface area contributed by atoms with Gasteiger partial charge in [-0.1, -0.05) is 31.9 Å². The van der Waals surface area contributed by atoms with E-state index in [2.05, 4.69) is 52.9 Å². The van der Waals surface area contributed by atoms with Crippen LogP contribution in [0.2, 0.25) is 0 Å². The van der Waals surface area contributed by atoms with Crippen LogP contribution in [0.3, 0.4) is 0 Å². The van der Waals surface area contributed by atoms with Crippen LogP contribution in [0.15, 0.2) is 59.8 Å². The highest BCUT2D eigenvalue weighted by molar-refractivity contribution is 9.11. The third-order valence-corrected chi connectivity index (χ3v) is 6.50. The first-order chi connectivity index (χ1) is 12.3. The van der Waals surface area contributed by atoms with E-state index >= 15 is 0 Å². The number of hydrogen-bond acceptors (Lipinski definition) is 4. The van der Waals surface area contributed by atoms with Gasteiger partial charge in [0.2, 0.25) is 0 Å². The van der Waals surface area contributed by atoms with E-state index in [9.17, 15) is 9.90 Å². The van der Waals surface area contributed by atoms with Crippen molar-refractivity contribution in [3.05, 3.63) is 55.4 Å². The average molecular weight is 563 g/mol. The van der Waals surface area contributed by atoms with Crippen LogP contribution in [0.1, 0.15) is 24.9 Å². The quantitative estimate of drug-likeness (QED) is 0.457. The van der Waals surface area contributed by atoms with Gasteiger partial charge in [0, 0.05) is 31.5 Å². The fourth-order valence-electron chi connectivity index (χ4n) is 2.71. The molecule has 0 fully saturated rings. The Morgan fingerprint density at radius 1 is 1.23 bits per heavy atom. The highest BCUT2D eigenvalue weighted by Gasteiger charge is 2.33. The van der Waals surface area contributed by atoms with Gasteiger partial charge in [-0.05, 0) is 59.3 Å². The average Bonchev–Trinajstić information content (AvgIpc) is 2.99. The van der Waals surface area contributed by atoms with Crippen LogP contribution >= 0.6 is 59.6 Å². The van der Waals surface area contributed by atoms with E-state index in [-0.39, 0.29) is 23.5 Å². The van der Waals surface area contributed by atoms with Crippen molar-refractivity contribution in [1.29, 1.82) is 0 Å². The Hall–Kier alpha value is -0.830. The van der Waals surface area contributed by atoms with Gasteiger partial charge >= 0.3 is 0 Å². The van der Waals surface area contributed by atoms with Gasteiger partial charge in [0.1, 0.15) is 5.75 Å². The summed E-state index contributed by atoms with van der Waals surface area (Å²) in [6, 6.07) is 11.1. The number of nitrogens with zero attached hydrogens (tertiary/aromatic N) is 2. The molecule has 2 aromatic rings. The molecule has 0 spiro atoms. The first-order valence-electron chi connectivity index (χ1n) is 7.77. The maximum absolute atomic E-state index is 12.8. The molecule has 1 atom stereocenters. The predicted octanol–water partition coefficient (Wildman–Crippen LogP) is 6.12. The van der Waals surface area contributed by atoms with Crippen molar-refractivity contribution in [3.8, 4) is 5.75 Å². The van der Waals surface area contributed by atoms with Gasteiger partial charge in [0.25, 0.3) is 5.91 Å². The predicted molar refractivity (Wildman–Crippen MR) is 116 cm³/mol. The van der Waals surface area contributed by atoms with E-state index < -0.39 is 0 Å². The maximum Gasteiger partial charge on any atom is 0.253 e. The van der Waals surface area contributed by atoms with Gasteiger partial charge in [-0.25, -0.2) is 5.01 Å². The SMILES string of the molecule is CC1=NN(C(=O)CSc2ccc(Br)cc2)[C@@H](c2cc(Br)cc(Br)c2O)C1. The van der Waals surface area contributed by atoms with Crippen molar-refractivity contribution in [2.45, 2.75) is 24.3 Å². The van der Waals surface area contributed by atoms with E-state index in [1.54, 1.807) is 6.07 Å². The molecule has 2 aromatic carbocycles. The van der Waals surface area contributed by atoms with Crippen LogP contribution in [0, 0.1) is 0 Å². The molecular formula is C18H15Br3N2O2S. The number of halogens is 3. The van der Waals surface area contributed by atoms with Crippen LogP contribution < -0.4 is 0 Å². The summed E-state index contributed by atoms with van der Waals surface area (Å²) in [5.74, 6) is 0.335. The summed E-state index contributed by atoms with van der Waals surface area (Å²) in [4.78, 5) is 13.8. The van der Waals surface area contributed by atoms with Crippen molar-refractivity contribution < 1.29 is 9.90 Å². The number of hydrogen-bond donors (Lipinski definition) is 1. The lowest BCUT2D eigenvalue weighted by Gasteiger charge is -2.23. The third-order valence-electron chi connectivity index (χ3n) is 3.91. The second kappa shape index (κ2) is 8.46. The molecule has 1 amide bonds. The number of amides is 1. The molecule has 1 heterocycles. The van der Waals surface area contributed by atoms with Crippen LogP contribution in [0.4, 0.5) is 0 Å². The molecule has 0 bridgehead atoms. The molecule has 0 aliphatic carbocycles. The molecule has 0 saturated carbocycles. The van der Waals surface area contributed by atoms with Crippen molar-refractivity contribution >= 4 is 71.2 Å². The number of phenolic OH excluding ortho intramolecular Hbond substituents is 1. The molecule has 8 heteroatoms. The minimum Gasteiger partial charge on any atom is -0.506 e. The molecule has 136 valence electrons. The van der Waals surface area contributed by atoms with Gasteiger partial charge in [0.15, 0.2) is 0 Å². The van der Waals surface area contributed by atoms with Gasteiger partial charge in [-0.15, -0.1) is 11.8 Å². The van der Waals surface area contributed by atoms with Crippen LogP contribution in [0.5, 0.6) is 5.75 Å². The summed E-state index contributed by atoms with van der Waals surface area (Å²) in [6.45, 7) is 1.90. The van der Waals surface area contributed by atoms with E-state index in [0.717, 1.165) is 19.6 Å². The summed E-state index contributed by atoms with van der Waals surface area (Å²) in [5.41, 5.74) is 1.54. The number of carbonyl (C=O) groups excluding carboxylic acids is 1. The van der Waals surface area contributed by atoms with Crippen molar-refractivity contribution in [2.75, 3.05) is 5.75 Å². The number of rotatable bonds is 4. The molecule has 26 heavy (non-hydrogen) atoms. The van der Waals surface area contributed by atoms with Gasteiger partial charge in [-0.3, -0.25) is 4.79 Å². The second-order valence-electron chi connectivity index (χ2n) is 5.86. The minimum atomic E-state index is -0.304. The molecule has 0 aromatic heterocycles. The van der Waals surface area contributed by atoms with Crippen molar-refractivity contribution in [1.82, 2.24) is 5.01 Å². The fraction of sp³-hybridized carbons (Fsp3) is 0.222. The number of thioether (sulfide) groups is 1. The van der Waals surface area contributed by atoms with Gasteiger partial charge in [-0.2, -0.15) is 5.10 Å². The molecule has 1 aliphatic rings. The normalized spacial score (nSPS) is 16.7. The maximum atomic E-state index is 12.8. The van der Waals surface area contributed by atoms with Crippen molar-refractivity contribution in [3.63, 3.8) is 0 Å². The third kappa shape index (κ3) is 4.52. The summed E-state index contributed by atoms with van der Waals surface area (Å²) >= 11 is 11.7. The Morgan fingerprint density at radius 2 is 1.92 bits per heavy atom. The first kappa shape index (κ1) is 19.9. The Kier molecular flexibility index (Phi) is 6.48. The molecule has 0 radical (unpaired) electrons. The topological polar surface area (TPSA) is 52.9 Å². The van der Waals surface area contributed by atoms with E-state index in [1.165, 1.54) is 16.8 Å². The lowest BCUT2D eigenvalue weighted by atomic mass is 10.0. The number of aromatic hydroxyl groups is 1. The monoisotopic (exact) mass is 560 g/mol. The summed E-state index contributed by atoms with van der Waals surface area (Å²) in [7, 11) is 0. The van der Waals surface area contributed by atoms with Crippen LogP contribution in [0.25, 0.3) is 0 Å². The molecule has 0 saturated heterocycles. The lowest BCUT2D eigenvalue weighted by molar-refractivity contribution is -0.130. The number of benzene rings is 2. The van der Waals surface area contributed by atoms with Gasteiger partial charge in [0.05, 0.1) is 16.3 Å². The molecular weight excluding hydrogens is 548 g/mol. The Morgan fingerprint density at radius 3 is 2.62 bits per heavy atom. The molecule has 3 rings (SSSR count). The summed E-state index contributed by atoms with van der Waals surface area (Å²) in [5, 5.41) is 16.3. The summed E-state index contributed by atoms with van der Waals surface area (Å²) < 4.78 is 2.42. The Balaban J connectivity index is 1.78. The molecule has 1 N–H and O–H groups in total. The zero-order chi connectivity index (χ0) is 18.8. The number of hydrazone groups is 1. The molecule has 0 unspecified atom stereocenters. The zero-order valence-electron chi connectivity index (χ0n) is 13.7. The molecule has 1 aliphatic heterocycles. The second-order valence-corrected chi connectivity index (χ2v) is 9.60. The van der Waals surface area contributed by atoms with E-state index in [4.69, 9.17) is 0 Å². The number of carbonyl (C=O) groups is 1. The number of phenols is 1. The standard InChI is InChI=1S/C18H15Br3N2O2S/c1-10-6-16(14-7-12(20)8-15(21)18(14)25)23(22-10)17(24)9-26-13-4-2-11(19)3-5-13/h2-5,7-8,16,25H,6,9H2,1H3/t16-/m1/s1. The van der Waals surface area contributed by atoms with Crippen molar-refractivity contribution in [2.24, 2.45) is 5.10 Å². The highest BCUT2D eigenvalue weighted by atomic mass is 79.9. The van der Waals surface area contributed by atoms with Crippen LogP contribution in [-0.4, -0.2) is 27.5 Å².